The second kappa shape index (κ2) is 8.29. The van der Waals surface area contributed by atoms with E-state index in [0.29, 0.717) is 12.8 Å². The SMILES string of the molecule is CSc1nc(C)c(CCC(=O)N(C)[C@@H](C)c2ccccc2)c(C)n1. The molecule has 4 nitrogen and oxygen atoms in total. The largest absolute Gasteiger partial charge is 0.339 e. The van der Waals surface area contributed by atoms with Gasteiger partial charge in [-0.05, 0) is 44.6 Å². The van der Waals surface area contributed by atoms with Crippen molar-refractivity contribution < 1.29 is 4.79 Å². The smallest absolute Gasteiger partial charge is 0.223 e. The minimum Gasteiger partial charge on any atom is -0.339 e. The summed E-state index contributed by atoms with van der Waals surface area (Å²) in [6.07, 6.45) is 3.12. The Hall–Kier alpha value is -1.88. The highest BCUT2D eigenvalue weighted by atomic mass is 32.2. The molecule has 0 aliphatic heterocycles. The van der Waals surface area contributed by atoms with E-state index in [1.165, 1.54) is 11.8 Å². The zero-order valence-corrected chi connectivity index (χ0v) is 15.9. The number of hydrogen-bond donors (Lipinski definition) is 0. The van der Waals surface area contributed by atoms with E-state index in [0.717, 1.165) is 27.7 Å². The van der Waals surface area contributed by atoms with Gasteiger partial charge in [0.1, 0.15) is 0 Å². The molecule has 0 unspecified atom stereocenters. The van der Waals surface area contributed by atoms with E-state index in [1.54, 1.807) is 0 Å². The Morgan fingerprint density at radius 1 is 1.17 bits per heavy atom. The maximum Gasteiger partial charge on any atom is 0.223 e. The van der Waals surface area contributed by atoms with Gasteiger partial charge in [-0.3, -0.25) is 4.79 Å². The van der Waals surface area contributed by atoms with Gasteiger partial charge in [-0.25, -0.2) is 9.97 Å². The predicted molar refractivity (Wildman–Crippen MR) is 99.2 cm³/mol. The quantitative estimate of drug-likeness (QED) is 0.588. The van der Waals surface area contributed by atoms with Crippen LogP contribution in [0.15, 0.2) is 35.5 Å². The summed E-state index contributed by atoms with van der Waals surface area (Å²) < 4.78 is 0. The van der Waals surface area contributed by atoms with Crippen molar-refractivity contribution in [1.82, 2.24) is 14.9 Å². The van der Waals surface area contributed by atoms with Crippen LogP contribution in [0.2, 0.25) is 0 Å². The maximum atomic E-state index is 12.6. The number of amides is 1. The molecule has 0 spiro atoms. The zero-order chi connectivity index (χ0) is 17.7. The summed E-state index contributed by atoms with van der Waals surface area (Å²) >= 11 is 1.54. The summed E-state index contributed by atoms with van der Waals surface area (Å²) in [5.74, 6) is 0.138. The molecule has 1 aromatic heterocycles. The first-order valence-electron chi connectivity index (χ1n) is 8.12. The third-order valence-electron chi connectivity index (χ3n) is 4.43. The highest BCUT2D eigenvalue weighted by Gasteiger charge is 2.18. The first-order chi connectivity index (χ1) is 11.4. The van der Waals surface area contributed by atoms with E-state index in [2.05, 4.69) is 29.0 Å². The van der Waals surface area contributed by atoms with E-state index in [9.17, 15) is 4.79 Å². The van der Waals surface area contributed by atoms with Gasteiger partial charge in [-0.15, -0.1) is 0 Å². The Bertz CT molecular complexity index is 680. The van der Waals surface area contributed by atoms with Crippen LogP contribution >= 0.6 is 11.8 Å². The van der Waals surface area contributed by atoms with E-state index in [1.807, 2.05) is 50.2 Å². The van der Waals surface area contributed by atoms with Gasteiger partial charge < -0.3 is 4.90 Å². The van der Waals surface area contributed by atoms with Gasteiger partial charge in [0.2, 0.25) is 5.91 Å². The third-order valence-corrected chi connectivity index (χ3v) is 4.98. The average molecular weight is 343 g/mol. The number of aromatic nitrogens is 2. The summed E-state index contributed by atoms with van der Waals surface area (Å²) in [5, 5.41) is 0.787. The fraction of sp³-hybridized carbons (Fsp3) is 0.421. The lowest BCUT2D eigenvalue weighted by molar-refractivity contribution is -0.131. The molecule has 1 atom stereocenters. The normalized spacial score (nSPS) is 12.0. The zero-order valence-electron chi connectivity index (χ0n) is 15.0. The Balaban J connectivity index is 2.03. The Morgan fingerprint density at radius 2 is 1.75 bits per heavy atom. The number of carbonyl (C=O) groups is 1. The minimum absolute atomic E-state index is 0.0658. The van der Waals surface area contributed by atoms with Crippen LogP contribution in [0, 0.1) is 13.8 Å². The highest BCUT2D eigenvalue weighted by molar-refractivity contribution is 7.98. The summed E-state index contributed by atoms with van der Waals surface area (Å²) in [6, 6.07) is 10.2. The van der Waals surface area contributed by atoms with Gasteiger partial charge in [0.25, 0.3) is 0 Å². The van der Waals surface area contributed by atoms with E-state index >= 15 is 0 Å². The van der Waals surface area contributed by atoms with E-state index in [4.69, 9.17) is 0 Å². The van der Waals surface area contributed by atoms with Crippen LogP contribution in [0.25, 0.3) is 0 Å². The van der Waals surface area contributed by atoms with Crippen LogP contribution < -0.4 is 0 Å². The highest BCUT2D eigenvalue weighted by Crippen LogP contribution is 2.21. The second-order valence-corrected chi connectivity index (χ2v) is 6.72. The second-order valence-electron chi connectivity index (χ2n) is 5.95. The lowest BCUT2D eigenvalue weighted by Crippen LogP contribution is -2.30. The third kappa shape index (κ3) is 4.35. The molecular formula is C19H25N3OS. The van der Waals surface area contributed by atoms with E-state index < -0.39 is 0 Å². The van der Waals surface area contributed by atoms with Crippen LogP contribution in [0.1, 0.15) is 41.9 Å². The molecule has 0 aliphatic carbocycles. The average Bonchev–Trinajstić information content (AvgIpc) is 2.60. The van der Waals surface area contributed by atoms with Crippen molar-refractivity contribution >= 4 is 17.7 Å². The van der Waals surface area contributed by atoms with Crippen LogP contribution in [0.5, 0.6) is 0 Å². The molecule has 2 aromatic rings. The molecule has 0 saturated heterocycles. The van der Waals surface area contributed by atoms with Crippen LogP contribution in [-0.4, -0.2) is 34.1 Å². The number of rotatable bonds is 6. The minimum atomic E-state index is 0.0658. The molecule has 128 valence electrons. The van der Waals surface area contributed by atoms with E-state index in [-0.39, 0.29) is 11.9 Å². The monoisotopic (exact) mass is 343 g/mol. The summed E-state index contributed by atoms with van der Waals surface area (Å²) in [4.78, 5) is 23.3. The van der Waals surface area contributed by atoms with Crippen molar-refractivity contribution in [2.24, 2.45) is 0 Å². The van der Waals surface area contributed by atoms with Gasteiger partial charge in [0.05, 0.1) is 6.04 Å². The van der Waals surface area contributed by atoms with Gasteiger partial charge in [0.15, 0.2) is 5.16 Å². The first-order valence-corrected chi connectivity index (χ1v) is 9.35. The maximum absolute atomic E-state index is 12.6. The van der Waals surface area contributed by atoms with Crippen LogP contribution in [0.3, 0.4) is 0 Å². The van der Waals surface area contributed by atoms with Crippen molar-refractivity contribution in [3.63, 3.8) is 0 Å². The molecule has 5 heteroatoms. The predicted octanol–water partition coefficient (Wildman–Crippen LogP) is 3.97. The number of thioether (sulfide) groups is 1. The summed E-state index contributed by atoms with van der Waals surface area (Å²) in [5.41, 5.74) is 4.17. The van der Waals surface area contributed by atoms with Gasteiger partial charge in [0, 0.05) is 24.9 Å². The van der Waals surface area contributed by atoms with Gasteiger partial charge in [-0.1, -0.05) is 42.1 Å². The van der Waals surface area contributed by atoms with Crippen molar-refractivity contribution in [3.05, 3.63) is 52.8 Å². The molecule has 1 aromatic carbocycles. The number of benzene rings is 1. The Labute approximate surface area is 148 Å². The fourth-order valence-electron chi connectivity index (χ4n) is 2.74. The van der Waals surface area contributed by atoms with Gasteiger partial charge >= 0.3 is 0 Å². The molecule has 1 amide bonds. The number of hydrogen-bond acceptors (Lipinski definition) is 4. The lowest BCUT2D eigenvalue weighted by Gasteiger charge is -2.25. The molecule has 2 rings (SSSR count). The molecule has 1 heterocycles. The molecule has 0 radical (unpaired) electrons. The standard InChI is InChI=1S/C19H25N3OS/c1-13-17(14(2)21-19(20-13)24-5)11-12-18(23)22(4)15(3)16-9-7-6-8-10-16/h6-10,15H,11-12H2,1-5H3/t15-/m0/s1. The molecule has 0 bridgehead atoms. The van der Waals surface area contributed by atoms with Crippen LogP contribution in [0.4, 0.5) is 0 Å². The summed E-state index contributed by atoms with van der Waals surface area (Å²) in [7, 11) is 1.87. The molecule has 0 N–H and O–H groups in total. The topological polar surface area (TPSA) is 46.1 Å². The van der Waals surface area contributed by atoms with Crippen molar-refractivity contribution in [2.45, 2.75) is 44.8 Å². The molecule has 24 heavy (non-hydrogen) atoms. The summed E-state index contributed by atoms with van der Waals surface area (Å²) in [6.45, 7) is 6.04. The number of aryl methyl sites for hydroxylation is 2. The van der Waals surface area contributed by atoms with Gasteiger partial charge in [-0.2, -0.15) is 0 Å². The lowest BCUT2D eigenvalue weighted by atomic mass is 10.0. The molecule has 0 fully saturated rings. The van der Waals surface area contributed by atoms with Crippen molar-refractivity contribution in [2.75, 3.05) is 13.3 Å². The molecule has 0 saturated carbocycles. The number of nitrogens with zero attached hydrogens (tertiary/aromatic N) is 3. The first kappa shape index (κ1) is 18.5. The Kier molecular flexibility index (Phi) is 6.37. The van der Waals surface area contributed by atoms with Crippen molar-refractivity contribution in [1.29, 1.82) is 0 Å². The molecule has 0 aliphatic rings. The fourth-order valence-corrected chi connectivity index (χ4v) is 3.20. The molecular weight excluding hydrogens is 318 g/mol. The van der Waals surface area contributed by atoms with Crippen LogP contribution in [-0.2, 0) is 11.2 Å². The Morgan fingerprint density at radius 3 is 2.29 bits per heavy atom. The number of carbonyl (C=O) groups excluding carboxylic acids is 1. The van der Waals surface area contributed by atoms with Crippen molar-refractivity contribution in [3.8, 4) is 0 Å².